The number of amides is 2. The number of aromatic nitrogens is 3. The van der Waals surface area contributed by atoms with E-state index >= 15 is 0 Å². The van der Waals surface area contributed by atoms with Crippen molar-refractivity contribution in [2.45, 2.75) is 25.8 Å². The molecule has 4 aromatic rings. The largest absolute Gasteiger partial charge is 0.351 e. The Labute approximate surface area is 193 Å². The summed E-state index contributed by atoms with van der Waals surface area (Å²) in [4.78, 5) is 32.4. The summed E-state index contributed by atoms with van der Waals surface area (Å²) >= 11 is 0. The lowest BCUT2D eigenvalue weighted by Gasteiger charge is -2.29. The van der Waals surface area contributed by atoms with Crippen molar-refractivity contribution in [3.63, 3.8) is 0 Å². The number of benzene rings is 1. The zero-order chi connectivity index (χ0) is 23.4. The number of fused-ring (bicyclic) bond motifs is 1. The van der Waals surface area contributed by atoms with Crippen LogP contribution in [0.5, 0.6) is 0 Å². The number of hydrogen-bond acceptors (Lipinski definition) is 3. The van der Waals surface area contributed by atoms with Crippen LogP contribution >= 0.6 is 0 Å². The molecule has 4 rings (SSSR count). The molecule has 0 aliphatic carbocycles. The second-order valence-electron chi connectivity index (χ2n) is 8.28. The van der Waals surface area contributed by atoms with Crippen molar-refractivity contribution in [1.82, 2.24) is 24.2 Å². The van der Waals surface area contributed by atoms with Crippen molar-refractivity contribution in [2.75, 3.05) is 13.6 Å². The van der Waals surface area contributed by atoms with Gasteiger partial charge >= 0.3 is 0 Å². The van der Waals surface area contributed by atoms with Crippen molar-refractivity contribution < 1.29 is 9.59 Å². The van der Waals surface area contributed by atoms with Crippen LogP contribution in [0.15, 0.2) is 73.1 Å². The topological polar surface area (TPSA) is 71.6 Å². The molecule has 7 nitrogen and oxygen atoms in total. The van der Waals surface area contributed by atoms with Crippen LogP contribution in [0.1, 0.15) is 38.7 Å². The van der Waals surface area contributed by atoms with Crippen molar-refractivity contribution >= 4 is 17.5 Å². The Morgan fingerprint density at radius 2 is 1.79 bits per heavy atom. The van der Waals surface area contributed by atoms with Gasteiger partial charge in [0, 0.05) is 39.1 Å². The molecule has 0 fully saturated rings. The Kier molecular flexibility index (Phi) is 6.58. The molecular weight excluding hydrogens is 414 g/mol. The highest BCUT2D eigenvalue weighted by atomic mass is 16.2. The first-order valence-corrected chi connectivity index (χ1v) is 11.1. The number of likely N-dealkylation sites (N-methyl/N-ethyl adjacent to an activating group) is 1. The number of nitrogens with one attached hydrogen (secondary N) is 1. The summed E-state index contributed by atoms with van der Waals surface area (Å²) in [5, 5.41) is 3.00. The van der Waals surface area contributed by atoms with Gasteiger partial charge in [-0.15, -0.1) is 0 Å². The van der Waals surface area contributed by atoms with Crippen molar-refractivity contribution in [3.05, 3.63) is 95.7 Å². The van der Waals surface area contributed by atoms with Crippen molar-refractivity contribution in [2.24, 2.45) is 7.05 Å². The molecule has 1 atom stereocenters. The first-order chi connectivity index (χ1) is 16.0. The van der Waals surface area contributed by atoms with E-state index < -0.39 is 0 Å². The molecule has 2 amide bonds. The molecule has 33 heavy (non-hydrogen) atoms. The highest BCUT2D eigenvalue weighted by Gasteiger charge is 2.26. The van der Waals surface area contributed by atoms with Crippen molar-refractivity contribution in [1.29, 1.82) is 0 Å². The van der Waals surface area contributed by atoms with Crippen LogP contribution in [-0.2, 0) is 13.5 Å². The van der Waals surface area contributed by atoms with E-state index in [4.69, 9.17) is 0 Å². The molecule has 0 saturated carbocycles. The lowest BCUT2D eigenvalue weighted by atomic mass is 10.0. The third-order valence-corrected chi connectivity index (χ3v) is 6.03. The summed E-state index contributed by atoms with van der Waals surface area (Å²) in [5.74, 6) is -0.200. The maximum Gasteiger partial charge on any atom is 0.272 e. The van der Waals surface area contributed by atoms with Crippen LogP contribution in [0.25, 0.3) is 5.65 Å². The van der Waals surface area contributed by atoms with Crippen LogP contribution in [0.2, 0.25) is 0 Å². The first-order valence-electron chi connectivity index (χ1n) is 11.1. The average molecular weight is 444 g/mol. The number of imidazole rings is 1. The van der Waals surface area contributed by atoms with Gasteiger partial charge in [0.15, 0.2) is 0 Å². The third kappa shape index (κ3) is 4.82. The fraction of sp³-hybridized carbons (Fsp3) is 0.269. The number of carbonyl (C=O) groups excluding carboxylic acids is 2. The number of carbonyl (C=O) groups is 2. The van der Waals surface area contributed by atoms with Crippen LogP contribution in [0.3, 0.4) is 0 Å². The Morgan fingerprint density at radius 1 is 1.03 bits per heavy atom. The minimum Gasteiger partial charge on any atom is -0.351 e. The van der Waals surface area contributed by atoms with Gasteiger partial charge in [-0.05, 0) is 49.6 Å². The molecule has 1 unspecified atom stereocenters. The van der Waals surface area contributed by atoms with Crippen molar-refractivity contribution in [3.8, 4) is 0 Å². The maximum absolute atomic E-state index is 13.6. The van der Waals surface area contributed by atoms with E-state index in [9.17, 15) is 9.59 Å². The van der Waals surface area contributed by atoms with Gasteiger partial charge in [0.1, 0.15) is 17.0 Å². The minimum atomic E-state index is -0.118. The monoisotopic (exact) mass is 443 g/mol. The fourth-order valence-corrected chi connectivity index (χ4v) is 4.16. The molecule has 0 bridgehead atoms. The van der Waals surface area contributed by atoms with E-state index in [0.717, 1.165) is 11.2 Å². The second-order valence-corrected chi connectivity index (χ2v) is 8.28. The van der Waals surface area contributed by atoms with Crippen LogP contribution in [0, 0.1) is 6.92 Å². The third-order valence-electron chi connectivity index (χ3n) is 6.03. The summed E-state index contributed by atoms with van der Waals surface area (Å²) in [6, 6.07) is 19.3. The van der Waals surface area contributed by atoms with E-state index in [2.05, 4.69) is 22.4 Å². The van der Waals surface area contributed by atoms with Gasteiger partial charge in [-0.2, -0.15) is 0 Å². The molecule has 0 aliphatic heterocycles. The van der Waals surface area contributed by atoms with E-state index in [1.54, 1.807) is 15.5 Å². The molecule has 1 aromatic carbocycles. The zero-order valence-corrected chi connectivity index (χ0v) is 19.2. The number of hydrogen-bond donors (Lipinski definition) is 1. The summed E-state index contributed by atoms with van der Waals surface area (Å²) in [7, 11) is 3.68. The number of aryl methyl sites for hydroxylation is 2. The van der Waals surface area contributed by atoms with Gasteiger partial charge in [0.25, 0.3) is 11.8 Å². The van der Waals surface area contributed by atoms with E-state index in [1.807, 2.05) is 80.3 Å². The van der Waals surface area contributed by atoms with Gasteiger partial charge in [-0.3, -0.25) is 14.0 Å². The lowest BCUT2D eigenvalue weighted by molar-refractivity contribution is 0.0715. The Balaban J connectivity index is 1.53. The molecular formula is C26H29N5O2. The molecule has 3 heterocycles. The molecule has 0 saturated heterocycles. The van der Waals surface area contributed by atoms with E-state index in [-0.39, 0.29) is 17.9 Å². The molecule has 1 N–H and O–H groups in total. The summed E-state index contributed by atoms with van der Waals surface area (Å²) < 4.78 is 3.63. The van der Waals surface area contributed by atoms with Gasteiger partial charge < -0.3 is 14.8 Å². The fourth-order valence-electron chi connectivity index (χ4n) is 4.16. The standard InChI is InChI=1S/C26H29N5O2/c1-19-24(31-17-8-7-13-23(31)28-19)26(33)30(3)21(18-20-10-5-4-6-11-20)14-15-27-25(32)22-12-9-16-29(22)2/h4-13,16-17,21H,14-15,18H2,1-3H3,(H,27,32). The van der Waals surface area contributed by atoms with Gasteiger partial charge in [-0.1, -0.05) is 36.4 Å². The predicted octanol–water partition coefficient (Wildman–Crippen LogP) is 3.48. The highest BCUT2D eigenvalue weighted by Crippen LogP contribution is 2.18. The maximum atomic E-state index is 13.6. The minimum absolute atomic E-state index is 0.0825. The number of nitrogens with zero attached hydrogens (tertiary/aromatic N) is 4. The van der Waals surface area contributed by atoms with Crippen LogP contribution < -0.4 is 5.32 Å². The smallest absolute Gasteiger partial charge is 0.272 e. The normalized spacial score (nSPS) is 12.0. The second kappa shape index (κ2) is 9.73. The quantitative estimate of drug-likeness (QED) is 0.453. The molecule has 170 valence electrons. The Hall–Kier alpha value is -3.87. The Bertz CT molecular complexity index is 1260. The average Bonchev–Trinajstić information content (AvgIpc) is 3.40. The Morgan fingerprint density at radius 3 is 2.52 bits per heavy atom. The number of pyridine rings is 1. The molecule has 0 aliphatic rings. The molecule has 3 aromatic heterocycles. The molecule has 7 heteroatoms. The summed E-state index contributed by atoms with van der Waals surface area (Å²) in [5.41, 5.74) is 3.78. The number of rotatable bonds is 8. The SMILES string of the molecule is Cc1nc2ccccn2c1C(=O)N(C)C(CCNC(=O)c1cccn1C)Cc1ccccc1. The van der Waals surface area contributed by atoms with Crippen LogP contribution in [0.4, 0.5) is 0 Å². The van der Waals surface area contributed by atoms with Gasteiger partial charge in [-0.25, -0.2) is 4.98 Å². The first kappa shape index (κ1) is 22.3. The highest BCUT2D eigenvalue weighted by molar-refractivity contribution is 5.95. The zero-order valence-electron chi connectivity index (χ0n) is 19.2. The predicted molar refractivity (Wildman–Crippen MR) is 128 cm³/mol. The molecule has 0 spiro atoms. The van der Waals surface area contributed by atoms with Crippen LogP contribution in [-0.4, -0.2) is 50.3 Å². The summed E-state index contributed by atoms with van der Waals surface area (Å²) in [6.07, 6.45) is 5.03. The molecule has 0 radical (unpaired) electrons. The van der Waals surface area contributed by atoms with Gasteiger partial charge in [0.05, 0.1) is 5.69 Å². The lowest BCUT2D eigenvalue weighted by Crippen LogP contribution is -2.41. The van der Waals surface area contributed by atoms with E-state index in [0.29, 0.717) is 36.5 Å². The van der Waals surface area contributed by atoms with E-state index in [1.165, 1.54) is 0 Å². The van der Waals surface area contributed by atoms with Gasteiger partial charge in [0.2, 0.25) is 0 Å². The summed E-state index contributed by atoms with van der Waals surface area (Å²) in [6.45, 7) is 2.33.